The lowest BCUT2D eigenvalue weighted by Gasteiger charge is -2.33. The highest BCUT2D eigenvalue weighted by Gasteiger charge is 2.26. The maximum absolute atomic E-state index is 11.8. The minimum atomic E-state index is -3.30. The molecule has 1 fully saturated rings. The fourth-order valence-corrected chi connectivity index (χ4v) is 3.14. The first-order valence-corrected chi connectivity index (χ1v) is 7.09. The van der Waals surface area contributed by atoms with Gasteiger partial charge in [-0.2, -0.15) is 17.4 Å². The van der Waals surface area contributed by atoms with Gasteiger partial charge in [-0.25, -0.2) is 0 Å². The van der Waals surface area contributed by atoms with Crippen LogP contribution in [-0.4, -0.2) is 62.9 Å². The van der Waals surface area contributed by atoms with Crippen molar-refractivity contribution >= 4 is 10.2 Å². The van der Waals surface area contributed by atoms with E-state index >= 15 is 0 Å². The van der Waals surface area contributed by atoms with Crippen LogP contribution in [-0.2, 0) is 10.2 Å². The van der Waals surface area contributed by atoms with Crippen LogP contribution in [0.4, 0.5) is 0 Å². The van der Waals surface area contributed by atoms with Gasteiger partial charge in [0, 0.05) is 45.3 Å². The zero-order valence-electron chi connectivity index (χ0n) is 10.0. The molecular weight excluding hydrogens is 228 g/mol. The molecule has 0 spiro atoms. The Bertz CT molecular complexity index is 297. The summed E-state index contributed by atoms with van der Waals surface area (Å²) < 4.78 is 27.8. The molecule has 0 bridgehead atoms. The smallest absolute Gasteiger partial charge is 0.279 e. The van der Waals surface area contributed by atoms with Crippen molar-refractivity contribution < 1.29 is 8.42 Å². The fourth-order valence-electron chi connectivity index (χ4n) is 1.75. The third-order valence-electron chi connectivity index (χ3n) is 2.50. The van der Waals surface area contributed by atoms with E-state index < -0.39 is 10.2 Å². The lowest BCUT2D eigenvalue weighted by Crippen LogP contribution is -2.53. The van der Waals surface area contributed by atoms with Crippen LogP contribution in [0.2, 0.25) is 0 Å². The molecule has 1 rings (SSSR count). The van der Waals surface area contributed by atoms with Crippen LogP contribution >= 0.6 is 0 Å². The standard InChI is InChI=1S/C9H22N4O2S/c1-9(2)11-16(14,15)13-7-5-12(4-3-10)6-8-13/h9,11H,3-8,10H2,1-2H3. The van der Waals surface area contributed by atoms with Crippen molar-refractivity contribution in [3.05, 3.63) is 0 Å². The first kappa shape index (κ1) is 13.9. The van der Waals surface area contributed by atoms with Gasteiger partial charge in [0.2, 0.25) is 0 Å². The number of nitrogens with zero attached hydrogens (tertiary/aromatic N) is 2. The Kier molecular flexibility index (Phi) is 5.13. The molecule has 1 saturated heterocycles. The highest BCUT2D eigenvalue weighted by Crippen LogP contribution is 2.06. The second-order valence-electron chi connectivity index (χ2n) is 4.31. The zero-order chi connectivity index (χ0) is 12.2. The Morgan fingerprint density at radius 3 is 2.25 bits per heavy atom. The maximum atomic E-state index is 11.8. The van der Waals surface area contributed by atoms with Crippen LogP contribution in [0.1, 0.15) is 13.8 Å². The van der Waals surface area contributed by atoms with Gasteiger partial charge in [0.25, 0.3) is 10.2 Å². The molecule has 0 aliphatic carbocycles. The van der Waals surface area contributed by atoms with Gasteiger partial charge >= 0.3 is 0 Å². The molecule has 16 heavy (non-hydrogen) atoms. The minimum absolute atomic E-state index is 0.0629. The van der Waals surface area contributed by atoms with Crippen LogP contribution < -0.4 is 10.5 Å². The van der Waals surface area contributed by atoms with E-state index in [0.29, 0.717) is 19.6 Å². The van der Waals surface area contributed by atoms with Crippen molar-refractivity contribution in [2.75, 3.05) is 39.3 Å². The van der Waals surface area contributed by atoms with E-state index in [1.165, 1.54) is 4.31 Å². The van der Waals surface area contributed by atoms with Crippen molar-refractivity contribution in [3.63, 3.8) is 0 Å². The number of piperazine rings is 1. The SMILES string of the molecule is CC(C)NS(=O)(=O)N1CCN(CCN)CC1. The molecule has 0 atom stereocenters. The van der Waals surface area contributed by atoms with E-state index in [0.717, 1.165) is 19.6 Å². The lowest BCUT2D eigenvalue weighted by molar-refractivity contribution is 0.191. The van der Waals surface area contributed by atoms with Gasteiger partial charge in [-0.3, -0.25) is 4.90 Å². The average Bonchev–Trinajstić information content (AvgIpc) is 2.17. The van der Waals surface area contributed by atoms with Gasteiger partial charge in [0.15, 0.2) is 0 Å². The summed E-state index contributed by atoms with van der Waals surface area (Å²) in [4.78, 5) is 2.18. The fraction of sp³-hybridized carbons (Fsp3) is 1.00. The normalized spacial score (nSPS) is 20.5. The molecule has 0 aromatic rings. The molecule has 0 unspecified atom stereocenters. The molecule has 96 valence electrons. The summed E-state index contributed by atoms with van der Waals surface area (Å²) >= 11 is 0. The van der Waals surface area contributed by atoms with Gasteiger partial charge in [-0.05, 0) is 13.8 Å². The van der Waals surface area contributed by atoms with E-state index in [9.17, 15) is 8.42 Å². The number of nitrogens with one attached hydrogen (secondary N) is 1. The molecule has 1 aliphatic heterocycles. The Morgan fingerprint density at radius 1 is 1.25 bits per heavy atom. The van der Waals surface area contributed by atoms with Crippen molar-refractivity contribution in [2.24, 2.45) is 5.73 Å². The quantitative estimate of drug-likeness (QED) is 0.643. The van der Waals surface area contributed by atoms with Crippen molar-refractivity contribution in [2.45, 2.75) is 19.9 Å². The lowest BCUT2D eigenvalue weighted by atomic mass is 10.3. The van der Waals surface area contributed by atoms with Crippen LogP contribution in [0.15, 0.2) is 0 Å². The van der Waals surface area contributed by atoms with E-state index in [1.54, 1.807) is 0 Å². The molecule has 1 aliphatic rings. The van der Waals surface area contributed by atoms with Gasteiger partial charge in [-0.15, -0.1) is 0 Å². The minimum Gasteiger partial charge on any atom is -0.329 e. The second kappa shape index (κ2) is 5.92. The van der Waals surface area contributed by atoms with Gasteiger partial charge in [0.1, 0.15) is 0 Å². The topological polar surface area (TPSA) is 78.7 Å². The van der Waals surface area contributed by atoms with Crippen molar-refractivity contribution in [3.8, 4) is 0 Å². The number of hydrogen-bond donors (Lipinski definition) is 2. The third-order valence-corrected chi connectivity index (χ3v) is 4.32. The summed E-state index contributed by atoms with van der Waals surface area (Å²) in [5, 5.41) is 0. The zero-order valence-corrected chi connectivity index (χ0v) is 10.8. The monoisotopic (exact) mass is 250 g/mol. The predicted molar refractivity (Wildman–Crippen MR) is 64.3 cm³/mol. The van der Waals surface area contributed by atoms with E-state index in [-0.39, 0.29) is 6.04 Å². The van der Waals surface area contributed by atoms with Gasteiger partial charge in [0.05, 0.1) is 0 Å². The van der Waals surface area contributed by atoms with E-state index in [2.05, 4.69) is 9.62 Å². The highest BCUT2D eigenvalue weighted by molar-refractivity contribution is 7.87. The highest BCUT2D eigenvalue weighted by atomic mass is 32.2. The molecule has 0 radical (unpaired) electrons. The Hall–Kier alpha value is -0.210. The molecule has 0 aromatic heterocycles. The van der Waals surface area contributed by atoms with E-state index in [1.807, 2.05) is 13.8 Å². The maximum Gasteiger partial charge on any atom is 0.279 e. The summed E-state index contributed by atoms with van der Waals surface area (Å²) in [5.41, 5.74) is 5.46. The molecule has 1 heterocycles. The first-order valence-electron chi connectivity index (χ1n) is 5.65. The van der Waals surface area contributed by atoms with Crippen LogP contribution in [0.3, 0.4) is 0 Å². The van der Waals surface area contributed by atoms with Crippen LogP contribution in [0.5, 0.6) is 0 Å². The largest absolute Gasteiger partial charge is 0.329 e. The van der Waals surface area contributed by atoms with E-state index in [4.69, 9.17) is 5.73 Å². The van der Waals surface area contributed by atoms with Crippen molar-refractivity contribution in [1.29, 1.82) is 0 Å². The Morgan fingerprint density at radius 2 is 1.81 bits per heavy atom. The van der Waals surface area contributed by atoms with Crippen LogP contribution in [0, 0.1) is 0 Å². The number of hydrogen-bond acceptors (Lipinski definition) is 4. The molecule has 7 heteroatoms. The number of nitrogens with two attached hydrogens (primary N) is 1. The Balaban J connectivity index is 2.47. The molecule has 0 amide bonds. The molecule has 6 nitrogen and oxygen atoms in total. The number of rotatable bonds is 5. The third kappa shape index (κ3) is 3.99. The van der Waals surface area contributed by atoms with Crippen LogP contribution in [0.25, 0.3) is 0 Å². The summed E-state index contributed by atoms with van der Waals surface area (Å²) in [7, 11) is -3.30. The summed E-state index contributed by atoms with van der Waals surface area (Å²) in [6.45, 7) is 7.71. The Labute approximate surface area is 98.0 Å². The van der Waals surface area contributed by atoms with Gasteiger partial charge < -0.3 is 5.73 Å². The summed E-state index contributed by atoms with van der Waals surface area (Å²) in [5.74, 6) is 0. The van der Waals surface area contributed by atoms with Crippen molar-refractivity contribution in [1.82, 2.24) is 13.9 Å². The second-order valence-corrected chi connectivity index (χ2v) is 6.01. The summed E-state index contributed by atoms with van der Waals surface area (Å²) in [6.07, 6.45) is 0. The van der Waals surface area contributed by atoms with Gasteiger partial charge in [-0.1, -0.05) is 0 Å². The molecule has 0 aromatic carbocycles. The first-order chi connectivity index (χ1) is 7.45. The summed E-state index contributed by atoms with van der Waals surface area (Å²) in [6, 6.07) is -0.0629. The molecule has 3 N–H and O–H groups in total. The predicted octanol–water partition coefficient (Wildman–Crippen LogP) is -1.19. The average molecular weight is 250 g/mol. The molecule has 0 saturated carbocycles. The molecular formula is C9H22N4O2S.